The van der Waals surface area contributed by atoms with Crippen molar-refractivity contribution in [1.29, 1.82) is 0 Å². The fourth-order valence-corrected chi connectivity index (χ4v) is 2.56. The van der Waals surface area contributed by atoms with Crippen LogP contribution in [0.2, 0.25) is 0 Å². The molecule has 138 valence electrons. The topological polar surface area (TPSA) is 60.3 Å². The Kier molecular flexibility index (Phi) is 5.30. The van der Waals surface area contributed by atoms with E-state index in [0.29, 0.717) is 5.75 Å². The molecule has 0 spiro atoms. The van der Waals surface area contributed by atoms with Crippen LogP contribution < -0.4 is 15.6 Å². The zero-order valence-corrected chi connectivity index (χ0v) is 14.4. The Morgan fingerprint density at radius 3 is 2.33 bits per heavy atom. The van der Waals surface area contributed by atoms with E-state index in [-0.39, 0.29) is 12.1 Å². The molecule has 3 rings (SSSR count). The van der Waals surface area contributed by atoms with Gasteiger partial charge in [0.2, 0.25) is 0 Å². The van der Waals surface area contributed by atoms with E-state index in [4.69, 9.17) is 4.74 Å². The maximum absolute atomic E-state index is 13.7. The van der Waals surface area contributed by atoms with E-state index in [9.17, 15) is 18.4 Å². The van der Waals surface area contributed by atoms with Gasteiger partial charge < -0.3 is 14.6 Å². The van der Waals surface area contributed by atoms with Gasteiger partial charge in [-0.15, -0.1) is 0 Å². The van der Waals surface area contributed by atoms with Gasteiger partial charge in [-0.05, 0) is 42.0 Å². The molecule has 0 saturated carbocycles. The lowest BCUT2D eigenvalue weighted by Crippen LogP contribution is -2.29. The molecule has 0 bridgehead atoms. The summed E-state index contributed by atoms with van der Waals surface area (Å²) in [6.07, 6.45) is 1.53. The van der Waals surface area contributed by atoms with Gasteiger partial charge in [-0.1, -0.05) is 18.2 Å². The van der Waals surface area contributed by atoms with Crippen LogP contribution in [-0.4, -0.2) is 17.6 Å². The number of nitrogens with zero attached hydrogens (tertiary/aromatic N) is 1. The maximum atomic E-state index is 13.7. The van der Waals surface area contributed by atoms with Crippen LogP contribution in [0, 0.1) is 11.6 Å². The number of nitrogens with one attached hydrogen (secondary N) is 1. The van der Waals surface area contributed by atoms with E-state index < -0.39 is 28.8 Å². The Balaban J connectivity index is 1.85. The molecule has 2 aromatic carbocycles. The predicted octanol–water partition coefficient (Wildman–Crippen LogP) is 3.44. The second-order valence-electron chi connectivity index (χ2n) is 5.75. The molecule has 7 heteroatoms. The first-order chi connectivity index (χ1) is 13.0. The Labute approximate surface area is 153 Å². The standard InChI is InChI=1S/C20H16F2N2O3/c1-27-14-9-7-13(8-10-14)12-24-11-3-4-15(20(24)26)19(25)23-18-16(21)5-2-6-17(18)22/h2-11H,12H2,1H3,(H,23,25). The molecule has 0 unspecified atom stereocenters. The van der Waals surface area contributed by atoms with Gasteiger partial charge in [0.25, 0.3) is 11.5 Å². The number of amides is 1. The second kappa shape index (κ2) is 7.82. The lowest BCUT2D eigenvalue weighted by Gasteiger charge is -2.10. The van der Waals surface area contributed by atoms with Crippen LogP contribution in [0.25, 0.3) is 0 Å². The normalized spacial score (nSPS) is 10.5. The molecule has 0 saturated heterocycles. The van der Waals surface area contributed by atoms with E-state index in [1.807, 2.05) is 0 Å². The molecule has 0 aliphatic carbocycles. The van der Waals surface area contributed by atoms with Gasteiger partial charge in [0.05, 0.1) is 13.7 Å². The minimum Gasteiger partial charge on any atom is -0.497 e. The highest BCUT2D eigenvalue weighted by atomic mass is 19.1. The van der Waals surface area contributed by atoms with Crippen molar-refractivity contribution in [3.8, 4) is 5.75 Å². The molecule has 0 atom stereocenters. The summed E-state index contributed by atoms with van der Waals surface area (Å²) in [5.74, 6) is -2.03. The second-order valence-corrected chi connectivity index (χ2v) is 5.75. The summed E-state index contributed by atoms with van der Waals surface area (Å²) >= 11 is 0. The molecule has 0 radical (unpaired) electrons. The van der Waals surface area contributed by atoms with Crippen LogP contribution in [-0.2, 0) is 6.54 Å². The molecular weight excluding hydrogens is 354 g/mol. The van der Waals surface area contributed by atoms with Crippen molar-refractivity contribution in [3.05, 3.63) is 93.9 Å². The van der Waals surface area contributed by atoms with Crippen LogP contribution in [0.15, 0.2) is 65.6 Å². The van der Waals surface area contributed by atoms with Crippen molar-refractivity contribution in [2.75, 3.05) is 12.4 Å². The number of pyridine rings is 1. The van der Waals surface area contributed by atoms with E-state index >= 15 is 0 Å². The average Bonchev–Trinajstić information content (AvgIpc) is 2.67. The smallest absolute Gasteiger partial charge is 0.263 e. The summed E-state index contributed by atoms with van der Waals surface area (Å²) in [6, 6.07) is 13.2. The minimum absolute atomic E-state index is 0.214. The molecule has 0 aliphatic heterocycles. The number of hydrogen-bond donors (Lipinski definition) is 1. The Morgan fingerprint density at radius 2 is 1.70 bits per heavy atom. The van der Waals surface area contributed by atoms with Crippen molar-refractivity contribution in [3.63, 3.8) is 0 Å². The lowest BCUT2D eigenvalue weighted by molar-refractivity contribution is 0.102. The Morgan fingerprint density at radius 1 is 1.04 bits per heavy atom. The molecule has 1 heterocycles. The van der Waals surface area contributed by atoms with Gasteiger partial charge in [0, 0.05) is 6.20 Å². The molecule has 5 nitrogen and oxygen atoms in total. The Bertz CT molecular complexity index is 1010. The number of anilines is 1. The monoisotopic (exact) mass is 370 g/mol. The fraction of sp³-hybridized carbons (Fsp3) is 0.100. The van der Waals surface area contributed by atoms with Crippen molar-refractivity contribution in [1.82, 2.24) is 4.57 Å². The first kappa shape index (κ1) is 18.3. The number of para-hydroxylation sites is 1. The quantitative estimate of drug-likeness (QED) is 0.749. The SMILES string of the molecule is COc1ccc(Cn2cccc(C(=O)Nc3c(F)cccc3F)c2=O)cc1. The van der Waals surface area contributed by atoms with Crippen LogP contribution >= 0.6 is 0 Å². The number of methoxy groups -OCH3 is 1. The van der Waals surface area contributed by atoms with Gasteiger partial charge in [-0.3, -0.25) is 9.59 Å². The van der Waals surface area contributed by atoms with E-state index in [2.05, 4.69) is 5.32 Å². The number of halogens is 2. The van der Waals surface area contributed by atoms with Crippen LogP contribution in [0.5, 0.6) is 5.75 Å². The highest BCUT2D eigenvalue weighted by Gasteiger charge is 2.16. The molecule has 1 amide bonds. The first-order valence-corrected chi connectivity index (χ1v) is 8.07. The largest absolute Gasteiger partial charge is 0.497 e. The number of carbonyl (C=O) groups is 1. The van der Waals surface area contributed by atoms with Crippen molar-refractivity contribution in [2.24, 2.45) is 0 Å². The molecular formula is C20H16F2N2O3. The third kappa shape index (κ3) is 4.03. The molecule has 0 fully saturated rings. The highest BCUT2D eigenvalue weighted by molar-refractivity contribution is 6.04. The first-order valence-electron chi connectivity index (χ1n) is 8.07. The molecule has 1 N–H and O–H groups in total. The average molecular weight is 370 g/mol. The third-order valence-corrected chi connectivity index (χ3v) is 3.98. The predicted molar refractivity (Wildman–Crippen MR) is 97.1 cm³/mol. The number of hydrogen-bond acceptors (Lipinski definition) is 3. The number of carbonyl (C=O) groups excluding carboxylic acids is 1. The lowest BCUT2D eigenvalue weighted by atomic mass is 10.2. The number of ether oxygens (including phenoxy) is 1. The molecule has 27 heavy (non-hydrogen) atoms. The summed E-state index contributed by atoms with van der Waals surface area (Å²) in [5.41, 5.74) is -0.542. The van der Waals surface area contributed by atoms with Crippen molar-refractivity contribution >= 4 is 11.6 Å². The van der Waals surface area contributed by atoms with Crippen molar-refractivity contribution < 1.29 is 18.3 Å². The zero-order chi connectivity index (χ0) is 19.4. The number of aromatic nitrogens is 1. The van der Waals surface area contributed by atoms with Crippen LogP contribution in [0.4, 0.5) is 14.5 Å². The highest BCUT2D eigenvalue weighted by Crippen LogP contribution is 2.18. The fourth-order valence-electron chi connectivity index (χ4n) is 2.56. The van der Waals surface area contributed by atoms with Gasteiger partial charge in [-0.25, -0.2) is 8.78 Å². The summed E-state index contributed by atoms with van der Waals surface area (Å²) < 4.78 is 33.8. The summed E-state index contributed by atoms with van der Waals surface area (Å²) in [5, 5.41) is 2.12. The van der Waals surface area contributed by atoms with Gasteiger partial charge in [0.15, 0.2) is 0 Å². The van der Waals surface area contributed by atoms with Crippen molar-refractivity contribution in [2.45, 2.75) is 6.54 Å². The molecule has 1 aromatic heterocycles. The van der Waals surface area contributed by atoms with E-state index in [1.54, 1.807) is 31.4 Å². The summed E-state index contributed by atoms with van der Waals surface area (Å²) in [7, 11) is 1.56. The van der Waals surface area contributed by atoms with Gasteiger partial charge in [-0.2, -0.15) is 0 Å². The zero-order valence-electron chi connectivity index (χ0n) is 14.4. The number of benzene rings is 2. The van der Waals surface area contributed by atoms with Gasteiger partial charge >= 0.3 is 0 Å². The van der Waals surface area contributed by atoms with E-state index in [0.717, 1.165) is 17.7 Å². The summed E-state index contributed by atoms with van der Waals surface area (Å²) in [4.78, 5) is 24.9. The van der Waals surface area contributed by atoms with E-state index in [1.165, 1.54) is 29.0 Å². The molecule has 0 aliphatic rings. The Hall–Kier alpha value is -3.48. The third-order valence-electron chi connectivity index (χ3n) is 3.98. The maximum Gasteiger partial charge on any atom is 0.263 e. The number of rotatable bonds is 5. The van der Waals surface area contributed by atoms with Crippen LogP contribution in [0.3, 0.4) is 0 Å². The van der Waals surface area contributed by atoms with Gasteiger partial charge in [0.1, 0.15) is 28.6 Å². The minimum atomic E-state index is -0.919. The summed E-state index contributed by atoms with van der Waals surface area (Å²) in [6.45, 7) is 0.234. The van der Waals surface area contributed by atoms with Crippen LogP contribution in [0.1, 0.15) is 15.9 Å². The molecule has 3 aromatic rings.